The van der Waals surface area contributed by atoms with Crippen molar-refractivity contribution in [2.45, 2.75) is 45.7 Å². The first-order valence-electron chi connectivity index (χ1n) is 9.19. The number of benzene rings is 1. The van der Waals surface area contributed by atoms with Crippen LogP contribution in [0.5, 0.6) is 0 Å². The second kappa shape index (κ2) is 7.87. The quantitative estimate of drug-likeness (QED) is 0.832. The zero-order valence-electron chi connectivity index (χ0n) is 15.4. The molecule has 0 unspecified atom stereocenters. The Morgan fingerprint density at radius 1 is 1.12 bits per heavy atom. The van der Waals surface area contributed by atoms with Gasteiger partial charge in [0.1, 0.15) is 5.76 Å². The van der Waals surface area contributed by atoms with Crippen LogP contribution in [0, 0.1) is 6.92 Å². The third-order valence-electron chi connectivity index (χ3n) is 5.22. The summed E-state index contributed by atoms with van der Waals surface area (Å²) in [6, 6.07) is 13.0. The Morgan fingerprint density at radius 2 is 1.88 bits per heavy atom. The van der Waals surface area contributed by atoms with Crippen molar-refractivity contribution in [2.24, 2.45) is 0 Å². The van der Waals surface area contributed by atoms with Crippen molar-refractivity contribution in [2.75, 3.05) is 19.6 Å². The summed E-state index contributed by atoms with van der Waals surface area (Å²) in [6.45, 7) is 8.99. The predicted molar refractivity (Wildman–Crippen MR) is 99.7 cm³/mol. The summed E-state index contributed by atoms with van der Waals surface area (Å²) in [5, 5.41) is 0. The molecule has 0 N–H and O–H groups in total. The number of rotatable bonds is 5. The van der Waals surface area contributed by atoms with E-state index in [9.17, 15) is 4.79 Å². The van der Waals surface area contributed by atoms with Crippen molar-refractivity contribution in [1.82, 2.24) is 9.80 Å². The molecule has 0 radical (unpaired) electrons. The van der Waals surface area contributed by atoms with Crippen LogP contribution in [0.2, 0.25) is 0 Å². The molecule has 2 aromatic rings. The lowest BCUT2D eigenvalue weighted by molar-refractivity contribution is 0.0313. The van der Waals surface area contributed by atoms with Crippen molar-refractivity contribution in [3.63, 3.8) is 0 Å². The minimum Gasteiger partial charge on any atom is -0.469 e. The van der Waals surface area contributed by atoms with Crippen LogP contribution in [0.15, 0.2) is 47.1 Å². The van der Waals surface area contributed by atoms with E-state index in [-0.39, 0.29) is 11.9 Å². The van der Waals surface area contributed by atoms with Gasteiger partial charge in [0.15, 0.2) is 0 Å². The lowest BCUT2D eigenvalue weighted by atomic mass is 10.0. The highest BCUT2D eigenvalue weighted by Gasteiger charge is 2.32. The molecule has 2 heterocycles. The highest BCUT2D eigenvalue weighted by atomic mass is 16.3. The van der Waals surface area contributed by atoms with E-state index in [4.69, 9.17) is 4.42 Å². The number of furan rings is 1. The molecule has 4 heteroatoms. The molecule has 1 amide bonds. The minimum absolute atomic E-state index is 0.0922. The van der Waals surface area contributed by atoms with Crippen LogP contribution in [-0.2, 0) is 6.42 Å². The van der Waals surface area contributed by atoms with E-state index in [2.05, 4.69) is 49.1 Å². The maximum absolute atomic E-state index is 12.8. The van der Waals surface area contributed by atoms with Gasteiger partial charge < -0.3 is 9.32 Å². The Labute approximate surface area is 150 Å². The average Bonchev–Trinajstić information content (AvgIpc) is 3.04. The highest BCUT2D eigenvalue weighted by Crippen LogP contribution is 2.20. The van der Waals surface area contributed by atoms with Crippen LogP contribution in [-0.4, -0.2) is 47.4 Å². The zero-order chi connectivity index (χ0) is 17.8. The van der Waals surface area contributed by atoms with Crippen LogP contribution in [0.4, 0.5) is 0 Å². The van der Waals surface area contributed by atoms with Gasteiger partial charge in [0.2, 0.25) is 0 Å². The van der Waals surface area contributed by atoms with Crippen molar-refractivity contribution in [1.29, 1.82) is 0 Å². The fourth-order valence-corrected chi connectivity index (χ4v) is 3.69. The smallest absolute Gasteiger partial charge is 0.257 e. The highest BCUT2D eigenvalue weighted by molar-refractivity contribution is 5.95. The summed E-state index contributed by atoms with van der Waals surface area (Å²) >= 11 is 0. The van der Waals surface area contributed by atoms with Crippen LogP contribution in [0.3, 0.4) is 0 Å². The van der Waals surface area contributed by atoms with Crippen LogP contribution in [0.25, 0.3) is 0 Å². The Morgan fingerprint density at radius 3 is 2.56 bits per heavy atom. The Kier molecular flexibility index (Phi) is 5.59. The molecule has 2 atom stereocenters. The molecule has 1 aliphatic heterocycles. The normalized spacial score (nSPS) is 21.5. The van der Waals surface area contributed by atoms with Crippen molar-refractivity contribution in [3.05, 3.63) is 59.5 Å². The largest absolute Gasteiger partial charge is 0.469 e. The van der Waals surface area contributed by atoms with E-state index >= 15 is 0 Å². The SMILES string of the molecule is Cc1occc1C(=O)N1C[C@H](C)N(CCCc2ccccc2)C[C@H]1C. The number of piperazine rings is 1. The lowest BCUT2D eigenvalue weighted by Gasteiger charge is -2.44. The van der Waals surface area contributed by atoms with E-state index < -0.39 is 0 Å². The summed E-state index contributed by atoms with van der Waals surface area (Å²) in [5.41, 5.74) is 2.09. The molecule has 3 rings (SSSR count). The summed E-state index contributed by atoms with van der Waals surface area (Å²) < 4.78 is 5.30. The zero-order valence-corrected chi connectivity index (χ0v) is 15.4. The molecule has 1 aromatic carbocycles. The third kappa shape index (κ3) is 4.13. The molecule has 0 saturated carbocycles. The Balaban J connectivity index is 1.55. The topological polar surface area (TPSA) is 36.7 Å². The fraction of sp³-hybridized carbons (Fsp3) is 0.476. The fourth-order valence-electron chi connectivity index (χ4n) is 3.69. The number of hydrogen-bond donors (Lipinski definition) is 0. The van der Waals surface area contributed by atoms with Crippen molar-refractivity contribution < 1.29 is 9.21 Å². The number of amides is 1. The van der Waals surface area contributed by atoms with E-state index in [1.165, 1.54) is 5.56 Å². The van der Waals surface area contributed by atoms with Gasteiger partial charge in [0, 0.05) is 25.2 Å². The summed E-state index contributed by atoms with van der Waals surface area (Å²) in [6.07, 6.45) is 3.85. The van der Waals surface area contributed by atoms with Gasteiger partial charge >= 0.3 is 0 Å². The number of nitrogens with zero attached hydrogens (tertiary/aromatic N) is 2. The maximum Gasteiger partial charge on any atom is 0.257 e. The summed E-state index contributed by atoms with van der Waals surface area (Å²) in [7, 11) is 0. The van der Waals surface area contributed by atoms with E-state index in [0.717, 1.165) is 32.5 Å². The summed E-state index contributed by atoms with van der Waals surface area (Å²) in [5.74, 6) is 0.796. The molecule has 134 valence electrons. The van der Waals surface area contributed by atoms with Gasteiger partial charge in [-0.05, 0) is 51.8 Å². The predicted octanol–water partition coefficient (Wildman–Crippen LogP) is 3.76. The molecular formula is C21H28N2O2. The first kappa shape index (κ1) is 17.7. The molecule has 0 spiro atoms. The molecule has 1 fully saturated rings. The molecule has 0 aliphatic carbocycles. The molecule has 0 bridgehead atoms. The molecule has 1 aliphatic rings. The average molecular weight is 340 g/mol. The number of carbonyl (C=O) groups is 1. The monoisotopic (exact) mass is 340 g/mol. The number of hydrogen-bond acceptors (Lipinski definition) is 3. The van der Waals surface area contributed by atoms with Gasteiger partial charge in [0.25, 0.3) is 5.91 Å². The molecule has 1 saturated heterocycles. The number of aryl methyl sites for hydroxylation is 2. The summed E-state index contributed by atoms with van der Waals surface area (Å²) in [4.78, 5) is 17.3. The van der Waals surface area contributed by atoms with E-state index in [1.54, 1.807) is 12.3 Å². The standard InChI is InChI=1S/C21H28N2O2/c1-16-15-23(21(24)20-11-13-25-18(20)3)17(2)14-22(16)12-7-10-19-8-5-4-6-9-19/h4-6,8-9,11,13,16-17H,7,10,12,14-15H2,1-3H3/t16-,17+/m0/s1. The van der Waals surface area contributed by atoms with Crippen LogP contribution in [0.1, 0.15) is 41.9 Å². The van der Waals surface area contributed by atoms with Crippen molar-refractivity contribution in [3.8, 4) is 0 Å². The maximum atomic E-state index is 12.8. The lowest BCUT2D eigenvalue weighted by Crippen LogP contribution is -2.58. The molecule has 25 heavy (non-hydrogen) atoms. The second-order valence-electron chi connectivity index (χ2n) is 7.13. The molecular weight excluding hydrogens is 312 g/mol. The van der Waals surface area contributed by atoms with E-state index in [1.807, 2.05) is 11.8 Å². The third-order valence-corrected chi connectivity index (χ3v) is 5.22. The van der Waals surface area contributed by atoms with Gasteiger partial charge in [0.05, 0.1) is 11.8 Å². The van der Waals surface area contributed by atoms with Crippen molar-refractivity contribution >= 4 is 5.91 Å². The van der Waals surface area contributed by atoms with Gasteiger partial charge in [-0.25, -0.2) is 0 Å². The van der Waals surface area contributed by atoms with Crippen LogP contribution >= 0.6 is 0 Å². The van der Waals surface area contributed by atoms with Gasteiger partial charge in [-0.15, -0.1) is 0 Å². The molecule has 4 nitrogen and oxygen atoms in total. The number of carbonyl (C=O) groups excluding carboxylic acids is 1. The second-order valence-corrected chi connectivity index (χ2v) is 7.13. The van der Waals surface area contributed by atoms with Gasteiger partial charge in [-0.1, -0.05) is 30.3 Å². The Hall–Kier alpha value is -2.07. The van der Waals surface area contributed by atoms with Gasteiger partial charge in [-0.3, -0.25) is 9.69 Å². The minimum atomic E-state index is 0.0922. The van der Waals surface area contributed by atoms with Gasteiger partial charge in [-0.2, -0.15) is 0 Å². The van der Waals surface area contributed by atoms with Crippen LogP contribution < -0.4 is 0 Å². The first-order valence-corrected chi connectivity index (χ1v) is 9.19. The molecule has 1 aromatic heterocycles. The Bertz CT molecular complexity index is 695. The first-order chi connectivity index (χ1) is 12.1. The van der Waals surface area contributed by atoms with E-state index in [0.29, 0.717) is 17.4 Å².